The van der Waals surface area contributed by atoms with Crippen LogP contribution in [0.25, 0.3) is 6.08 Å². The smallest absolute Gasteiger partial charge is 0.244 e. The van der Waals surface area contributed by atoms with Gasteiger partial charge in [0.05, 0.1) is 6.04 Å². The van der Waals surface area contributed by atoms with Gasteiger partial charge < -0.3 is 14.8 Å². The van der Waals surface area contributed by atoms with Gasteiger partial charge in [0.1, 0.15) is 13.2 Å². The summed E-state index contributed by atoms with van der Waals surface area (Å²) in [6.45, 7) is 7.35. The molecule has 3 rings (SSSR count). The van der Waals surface area contributed by atoms with E-state index >= 15 is 0 Å². The second-order valence-corrected chi connectivity index (χ2v) is 7.38. The van der Waals surface area contributed by atoms with Crippen molar-refractivity contribution in [1.29, 1.82) is 0 Å². The van der Waals surface area contributed by atoms with Gasteiger partial charge in [-0.2, -0.15) is 0 Å². The predicted molar refractivity (Wildman–Crippen MR) is 101 cm³/mol. The van der Waals surface area contributed by atoms with Crippen LogP contribution >= 0.6 is 11.3 Å². The highest BCUT2D eigenvalue weighted by Crippen LogP contribution is 2.34. The van der Waals surface area contributed by atoms with Crippen molar-refractivity contribution in [3.8, 4) is 11.5 Å². The van der Waals surface area contributed by atoms with E-state index in [0.717, 1.165) is 21.9 Å². The number of hydrogen-bond donors (Lipinski definition) is 1. The number of rotatable bonds is 5. The van der Waals surface area contributed by atoms with Crippen LogP contribution in [0.4, 0.5) is 0 Å². The monoisotopic (exact) mass is 357 g/mol. The molecule has 132 valence electrons. The normalized spacial score (nSPS) is 14.7. The number of benzene rings is 1. The van der Waals surface area contributed by atoms with Gasteiger partial charge >= 0.3 is 0 Å². The number of amides is 1. The minimum atomic E-state index is -0.0959. The van der Waals surface area contributed by atoms with Gasteiger partial charge in [-0.05, 0) is 53.6 Å². The van der Waals surface area contributed by atoms with Crippen molar-refractivity contribution in [3.05, 3.63) is 51.7 Å². The Hall–Kier alpha value is -2.27. The Morgan fingerprint density at radius 3 is 2.64 bits per heavy atom. The zero-order valence-corrected chi connectivity index (χ0v) is 15.6. The van der Waals surface area contributed by atoms with Crippen LogP contribution in [0.2, 0.25) is 0 Å². The molecule has 1 atom stereocenters. The molecule has 1 aliphatic heterocycles. The molecule has 1 aliphatic rings. The number of thiophene rings is 1. The maximum atomic E-state index is 12.4. The molecule has 0 spiro atoms. The third kappa shape index (κ3) is 4.23. The van der Waals surface area contributed by atoms with Crippen LogP contribution < -0.4 is 14.8 Å². The maximum Gasteiger partial charge on any atom is 0.244 e. The molecule has 0 unspecified atom stereocenters. The number of carbonyl (C=O) groups is 1. The van der Waals surface area contributed by atoms with E-state index in [4.69, 9.17) is 9.47 Å². The lowest BCUT2D eigenvalue weighted by atomic mass is 9.95. The third-order valence-electron chi connectivity index (χ3n) is 4.18. The van der Waals surface area contributed by atoms with Crippen LogP contribution in [0.15, 0.2) is 35.7 Å². The Labute approximate surface area is 152 Å². The van der Waals surface area contributed by atoms with Crippen LogP contribution in [0.5, 0.6) is 11.5 Å². The van der Waals surface area contributed by atoms with Crippen molar-refractivity contribution in [2.45, 2.75) is 26.8 Å². The van der Waals surface area contributed by atoms with Crippen LogP contribution in [0.3, 0.4) is 0 Å². The summed E-state index contributed by atoms with van der Waals surface area (Å²) >= 11 is 1.63. The lowest BCUT2D eigenvalue weighted by molar-refractivity contribution is -0.117. The standard InChI is InChI=1S/C20H23NO3S/c1-13(2)20(15-4-5-16-17(12-15)24-10-9-23-16)21-19(22)7-6-18-14(3)8-11-25-18/h4-8,11-13,20H,9-10H2,1-3H3,(H,21,22)/b7-6+/t20-/m0/s1. The van der Waals surface area contributed by atoms with Crippen LogP contribution in [-0.4, -0.2) is 19.1 Å². The molecule has 25 heavy (non-hydrogen) atoms. The van der Waals surface area contributed by atoms with Gasteiger partial charge in [-0.1, -0.05) is 19.9 Å². The van der Waals surface area contributed by atoms with E-state index in [1.54, 1.807) is 17.4 Å². The van der Waals surface area contributed by atoms with E-state index in [2.05, 4.69) is 19.2 Å². The summed E-state index contributed by atoms with van der Waals surface area (Å²) < 4.78 is 11.2. The molecule has 0 saturated heterocycles. The Kier molecular flexibility index (Phi) is 5.43. The third-order valence-corrected chi connectivity index (χ3v) is 5.16. The van der Waals surface area contributed by atoms with Crippen molar-refractivity contribution in [3.63, 3.8) is 0 Å². The molecule has 0 saturated carbocycles. The van der Waals surface area contributed by atoms with Crippen molar-refractivity contribution < 1.29 is 14.3 Å². The first-order valence-electron chi connectivity index (χ1n) is 8.47. The maximum absolute atomic E-state index is 12.4. The molecule has 1 aromatic carbocycles. The van der Waals surface area contributed by atoms with Crippen LogP contribution in [0, 0.1) is 12.8 Å². The fraction of sp³-hybridized carbons (Fsp3) is 0.350. The lowest BCUT2D eigenvalue weighted by Crippen LogP contribution is -2.30. The van der Waals surface area contributed by atoms with Gasteiger partial charge in [-0.25, -0.2) is 0 Å². The van der Waals surface area contributed by atoms with E-state index in [1.807, 2.05) is 42.6 Å². The molecule has 0 radical (unpaired) electrons. The summed E-state index contributed by atoms with van der Waals surface area (Å²) in [5.41, 5.74) is 2.20. The summed E-state index contributed by atoms with van der Waals surface area (Å²) in [4.78, 5) is 13.5. The Balaban J connectivity index is 1.74. The van der Waals surface area contributed by atoms with Gasteiger partial charge in [0.2, 0.25) is 5.91 Å². The van der Waals surface area contributed by atoms with Crippen LogP contribution in [0.1, 0.15) is 35.9 Å². The summed E-state index contributed by atoms with van der Waals surface area (Å²) in [6, 6.07) is 7.83. The first-order chi connectivity index (χ1) is 12.0. The largest absolute Gasteiger partial charge is 0.486 e. The average molecular weight is 357 g/mol. The zero-order valence-electron chi connectivity index (χ0n) is 14.7. The highest BCUT2D eigenvalue weighted by atomic mass is 32.1. The summed E-state index contributed by atoms with van der Waals surface area (Å²) in [5.74, 6) is 1.66. The van der Waals surface area contributed by atoms with Crippen molar-refractivity contribution in [1.82, 2.24) is 5.32 Å². The Morgan fingerprint density at radius 2 is 1.96 bits per heavy atom. The first-order valence-corrected chi connectivity index (χ1v) is 9.35. The number of ether oxygens (including phenoxy) is 2. The quantitative estimate of drug-likeness (QED) is 0.809. The van der Waals surface area contributed by atoms with Gasteiger partial charge in [-0.3, -0.25) is 4.79 Å². The fourth-order valence-corrected chi connectivity index (χ4v) is 3.62. The second kappa shape index (κ2) is 7.74. The molecule has 0 aliphatic carbocycles. The Bertz CT molecular complexity index is 779. The highest BCUT2D eigenvalue weighted by molar-refractivity contribution is 7.11. The van der Waals surface area contributed by atoms with E-state index in [-0.39, 0.29) is 17.9 Å². The summed E-state index contributed by atoms with van der Waals surface area (Å²) in [7, 11) is 0. The minimum absolute atomic E-state index is 0.0857. The average Bonchev–Trinajstić information content (AvgIpc) is 3.02. The predicted octanol–water partition coefficient (Wildman–Crippen LogP) is 4.35. The summed E-state index contributed by atoms with van der Waals surface area (Å²) in [5, 5.41) is 5.13. The first kappa shape index (κ1) is 17.5. The molecular formula is C20H23NO3S. The van der Waals surface area contributed by atoms with Gasteiger partial charge in [0.25, 0.3) is 0 Å². The van der Waals surface area contributed by atoms with E-state index in [1.165, 1.54) is 5.56 Å². The number of nitrogens with one attached hydrogen (secondary N) is 1. The highest BCUT2D eigenvalue weighted by Gasteiger charge is 2.20. The topological polar surface area (TPSA) is 47.6 Å². The van der Waals surface area contributed by atoms with E-state index < -0.39 is 0 Å². The fourth-order valence-electron chi connectivity index (χ4n) is 2.80. The number of hydrogen-bond acceptors (Lipinski definition) is 4. The van der Waals surface area contributed by atoms with Crippen molar-refractivity contribution in [2.24, 2.45) is 5.92 Å². The van der Waals surface area contributed by atoms with Crippen molar-refractivity contribution in [2.75, 3.05) is 13.2 Å². The number of fused-ring (bicyclic) bond motifs is 1. The SMILES string of the molecule is Cc1ccsc1/C=C/C(=O)N[C@H](c1ccc2c(c1)OCCO2)C(C)C. The molecule has 1 N–H and O–H groups in total. The van der Waals surface area contributed by atoms with Crippen LogP contribution in [-0.2, 0) is 4.79 Å². The van der Waals surface area contributed by atoms with E-state index in [9.17, 15) is 4.79 Å². The molecule has 5 heteroatoms. The van der Waals surface area contributed by atoms with Gasteiger partial charge in [0, 0.05) is 11.0 Å². The van der Waals surface area contributed by atoms with Gasteiger partial charge in [-0.15, -0.1) is 11.3 Å². The molecule has 2 heterocycles. The molecule has 1 aromatic heterocycles. The molecule has 0 fully saturated rings. The zero-order chi connectivity index (χ0) is 17.8. The molecule has 2 aromatic rings. The van der Waals surface area contributed by atoms with Crippen molar-refractivity contribution >= 4 is 23.3 Å². The molecule has 1 amide bonds. The number of carbonyl (C=O) groups excluding carboxylic acids is 1. The van der Waals surface area contributed by atoms with E-state index in [0.29, 0.717) is 13.2 Å². The Morgan fingerprint density at radius 1 is 1.20 bits per heavy atom. The molecular weight excluding hydrogens is 334 g/mol. The minimum Gasteiger partial charge on any atom is -0.486 e. The number of aryl methyl sites for hydroxylation is 1. The molecule has 0 bridgehead atoms. The van der Waals surface area contributed by atoms with Gasteiger partial charge in [0.15, 0.2) is 11.5 Å². The summed E-state index contributed by atoms with van der Waals surface area (Å²) in [6.07, 6.45) is 3.47. The second-order valence-electron chi connectivity index (χ2n) is 6.43. The lowest BCUT2D eigenvalue weighted by Gasteiger charge is -2.25. The molecule has 4 nitrogen and oxygen atoms in total.